The van der Waals surface area contributed by atoms with Crippen LogP contribution in [0.5, 0.6) is 0 Å². The molecule has 0 aliphatic carbocycles. The summed E-state index contributed by atoms with van der Waals surface area (Å²) in [5.41, 5.74) is 7.17. The average molecular weight is 267 g/mol. The van der Waals surface area contributed by atoms with E-state index in [0.29, 0.717) is 11.4 Å². The van der Waals surface area contributed by atoms with Gasteiger partial charge in [0.05, 0.1) is 6.10 Å². The van der Waals surface area contributed by atoms with Crippen molar-refractivity contribution < 1.29 is 5.11 Å². The molecule has 0 aliphatic rings. The summed E-state index contributed by atoms with van der Waals surface area (Å²) in [4.78, 5) is 4.23. The number of hydrogen-bond acceptors (Lipinski definition) is 6. The van der Waals surface area contributed by atoms with Crippen molar-refractivity contribution >= 4 is 29.0 Å². The summed E-state index contributed by atoms with van der Waals surface area (Å²) in [5, 5.41) is 9.99. The first-order valence-electron chi connectivity index (χ1n) is 5.12. The number of aryl methyl sites for hydroxylation is 1. The fourth-order valence-corrected chi connectivity index (χ4v) is 2.99. The zero-order valence-corrected chi connectivity index (χ0v) is 11.0. The van der Waals surface area contributed by atoms with Crippen molar-refractivity contribution in [2.75, 3.05) is 11.5 Å². The highest BCUT2D eigenvalue weighted by atomic mass is 32.2. The van der Waals surface area contributed by atoms with Gasteiger partial charge in [-0.3, -0.25) is 0 Å². The van der Waals surface area contributed by atoms with Crippen LogP contribution in [0.25, 0.3) is 0 Å². The van der Waals surface area contributed by atoms with E-state index in [4.69, 9.17) is 5.73 Å². The summed E-state index contributed by atoms with van der Waals surface area (Å²) in [5.74, 6) is 1.33. The van der Waals surface area contributed by atoms with Crippen LogP contribution < -0.4 is 5.73 Å². The summed E-state index contributed by atoms with van der Waals surface area (Å²) < 4.78 is 4.97. The van der Waals surface area contributed by atoms with Gasteiger partial charge >= 0.3 is 0 Å². The third-order valence-corrected chi connectivity index (χ3v) is 4.17. The normalized spacial score (nSPS) is 12.6. The van der Waals surface area contributed by atoms with Crippen molar-refractivity contribution in [1.82, 2.24) is 9.36 Å². The van der Waals surface area contributed by atoms with Gasteiger partial charge in [-0.2, -0.15) is 4.37 Å². The number of aliphatic hydroxyl groups excluding tert-OH is 1. The number of thioether (sulfide) groups is 1. The maximum atomic E-state index is 9.99. The molecule has 0 fully saturated rings. The molecule has 0 spiro atoms. The van der Waals surface area contributed by atoms with Crippen LogP contribution >= 0.6 is 23.3 Å². The molecule has 0 radical (unpaired) electrons. The fourth-order valence-electron chi connectivity index (χ4n) is 1.35. The van der Waals surface area contributed by atoms with Crippen molar-refractivity contribution in [2.24, 2.45) is 0 Å². The quantitative estimate of drug-likeness (QED) is 0.656. The molecule has 1 heterocycles. The Labute approximate surface area is 108 Å². The SMILES string of the molecule is Cc1nsc(SCC(O)c2cccc(N)c2)n1. The molecule has 2 aromatic rings. The summed E-state index contributed by atoms with van der Waals surface area (Å²) in [7, 11) is 0. The van der Waals surface area contributed by atoms with Crippen LogP contribution in [0.2, 0.25) is 0 Å². The van der Waals surface area contributed by atoms with E-state index < -0.39 is 6.10 Å². The number of nitrogens with zero attached hydrogens (tertiary/aromatic N) is 2. The van der Waals surface area contributed by atoms with Gasteiger partial charge in [-0.15, -0.1) is 0 Å². The monoisotopic (exact) mass is 267 g/mol. The van der Waals surface area contributed by atoms with E-state index in [2.05, 4.69) is 9.36 Å². The van der Waals surface area contributed by atoms with Gasteiger partial charge in [-0.05, 0) is 36.2 Å². The first kappa shape index (κ1) is 12.3. The van der Waals surface area contributed by atoms with E-state index in [9.17, 15) is 5.11 Å². The summed E-state index contributed by atoms with van der Waals surface area (Å²) >= 11 is 2.86. The van der Waals surface area contributed by atoms with Crippen LogP contribution in [-0.4, -0.2) is 20.2 Å². The van der Waals surface area contributed by atoms with Crippen molar-refractivity contribution in [1.29, 1.82) is 0 Å². The highest BCUT2D eigenvalue weighted by Crippen LogP contribution is 2.26. The third-order valence-electron chi connectivity index (χ3n) is 2.17. The molecule has 0 bridgehead atoms. The first-order valence-corrected chi connectivity index (χ1v) is 6.87. The van der Waals surface area contributed by atoms with Gasteiger partial charge in [0, 0.05) is 11.4 Å². The van der Waals surface area contributed by atoms with Gasteiger partial charge in [0.1, 0.15) is 5.82 Å². The average Bonchev–Trinajstić information content (AvgIpc) is 2.72. The zero-order chi connectivity index (χ0) is 12.3. The van der Waals surface area contributed by atoms with E-state index in [1.165, 1.54) is 23.3 Å². The van der Waals surface area contributed by atoms with Gasteiger partial charge in [0.2, 0.25) is 0 Å². The maximum absolute atomic E-state index is 9.99. The molecule has 17 heavy (non-hydrogen) atoms. The van der Waals surface area contributed by atoms with Gasteiger partial charge in [-0.1, -0.05) is 23.9 Å². The molecule has 3 N–H and O–H groups in total. The highest BCUT2D eigenvalue weighted by molar-refractivity contribution is 8.00. The molecule has 1 aromatic carbocycles. The molecule has 2 rings (SSSR count). The summed E-state index contributed by atoms with van der Waals surface area (Å²) in [6.07, 6.45) is -0.535. The van der Waals surface area contributed by atoms with Gasteiger partial charge in [0.25, 0.3) is 0 Å². The number of anilines is 1. The van der Waals surface area contributed by atoms with Crippen LogP contribution in [-0.2, 0) is 0 Å². The van der Waals surface area contributed by atoms with Crippen LogP contribution in [0.3, 0.4) is 0 Å². The Hall–Kier alpha value is -1.11. The van der Waals surface area contributed by atoms with Crippen LogP contribution in [0, 0.1) is 6.92 Å². The minimum atomic E-state index is -0.535. The fraction of sp³-hybridized carbons (Fsp3) is 0.273. The van der Waals surface area contributed by atoms with Crippen molar-refractivity contribution in [3.05, 3.63) is 35.7 Å². The molecule has 0 amide bonds. The van der Waals surface area contributed by atoms with E-state index in [1.807, 2.05) is 19.1 Å². The third kappa shape index (κ3) is 3.42. The van der Waals surface area contributed by atoms with Crippen molar-refractivity contribution in [3.63, 3.8) is 0 Å². The second-order valence-electron chi connectivity index (χ2n) is 3.60. The molecule has 1 atom stereocenters. The maximum Gasteiger partial charge on any atom is 0.170 e. The lowest BCUT2D eigenvalue weighted by molar-refractivity contribution is 0.204. The number of aliphatic hydroxyl groups is 1. The van der Waals surface area contributed by atoms with Gasteiger partial charge in [0.15, 0.2) is 4.34 Å². The summed E-state index contributed by atoms with van der Waals surface area (Å²) in [6, 6.07) is 7.30. The second-order valence-corrected chi connectivity index (χ2v) is 5.62. The molecule has 1 unspecified atom stereocenters. The molecular weight excluding hydrogens is 254 g/mol. The Bertz CT molecular complexity index is 501. The number of hydrogen-bond donors (Lipinski definition) is 2. The van der Waals surface area contributed by atoms with Gasteiger partial charge < -0.3 is 10.8 Å². The van der Waals surface area contributed by atoms with E-state index in [0.717, 1.165) is 15.7 Å². The lowest BCUT2D eigenvalue weighted by Gasteiger charge is -2.09. The van der Waals surface area contributed by atoms with E-state index in [1.54, 1.807) is 12.1 Å². The Kier molecular flexibility index (Phi) is 3.98. The highest BCUT2D eigenvalue weighted by Gasteiger charge is 2.10. The van der Waals surface area contributed by atoms with Crippen molar-refractivity contribution in [2.45, 2.75) is 17.4 Å². The van der Waals surface area contributed by atoms with E-state index in [-0.39, 0.29) is 0 Å². The Morgan fingerprint density at radius 2 is 2.35 bits per heavy atom. The Morgan fingerprint density at radius 1 is 1.53 bits per heavy atom. The number of benzene rings is 1. The largest absolute Gasteiger partial charge is 0.399 e. The van der Waals surface area contributed by atoms with E-state index >= 15 is 0 Å². The van der Waals surface area contributed by atoms with Crippen molar-refractivity contribution in [3.8, 4) is 0 Å². The van der Waals surface area contributed by atoms with Crippen LogP contribution in [0.4, 0.5) is 5.69 Å². The predicted octanol–water partition coefficient (Wildman–Crippen LogP) is 2.25. The Morgan fingerprint density at radius 3 is 3.00 bits per heavy atom. The number of nitrogen functional groups attached to an aromatic ring is 1. The summed E-state index contributed by atoms with van der Waals surface area (Å²) in [6.45, 7) is 1.86. The Balaban J connectivity index is 1.95. The number of rotatable bonds is 4. The van der Waals surface area contributed by atoms with Crippen LogP contribution in [0.1, 0.15) is 17.5 Å². The molecule has 6 heteroatoms. The smallest absolute Gasteiger partial charge is 0.170 e. The molecule has 1 aromatic heterocycles. The minimum absolute atomic E-state index is 0.535. The lowest BCUT2D eigenvalue weighted by Crippen LogP contribution is -2.01. The topological polar surface area (TPSA) is 72.0 Å². The zero-order valence-electron chi connectivity index (χ0n) is 9.33. The molecule has 90 valence electrons. The standard InChI is InChI=1S/C11H13N3OS2/c1-7-13-11(17-14-7)16-6-10(15)8-3-2-4-9(12)5-8/h2-5,10,15H,6,12H2,1H3. The second kappa shape index (κ2) is 5.48. The van der Waals surface area contributed by atoms with Crippen LogP contribution in [0.15, 0.2) is 28.6 Å². The predicted molar refractivity (Wildman–Crippen MR) is 71.2 cm³/mol. The van der Waals surface area contributed by atoms with Gasteiger partial charge in [-0.25, -0.2) is 4.98 Å². The molecule has 0 saturated heterocycles. The molecule has 4 nitrogen and oxygen atoms in total. The molecule has 0 aliphatic heterocycles. The number of aromatic nitrogens is 2. The lowest BCUT2D eigenvalue weighted by atomic mass is 10.1. The molecule has 0 saturated carbocycles. The number of nitrogens with two attached hydrogens (primary N) is 1. The minimum Gasteiger partial charge on any atom is -0.399 e. The first-order chi connectivity index (χ1) is 8.15. The molecular formula is C11H13N3OS2.